The second-order valence-electron chi connectivity index (χ2n) is 7.10. The molecule has 0 bridgehead atoms. The van der Waals surface area contributed by atoms with E-state index in [1.807, 2.05) is 0 Å². The Morgan fingerprint density at radius 3 is 1.32 bits per heavy atom. The number of rotatable bonds is 6. The minimum atomic E-state index is 0.760. The molecule has 0 saturated heterocycles. The molecule has 2 aliphatic rings. The van der Waals surface area contributed by atoms with Crippen LogP contribution in [-0.4, -0.2) is 13.2 Å². The molecule has 122 valence electrons. The normalized spacial score (nSPS) is 20.7. The van der Waals surface area contributed by atoms with Crippen LogP contribution in [0.25, 0.3) is 0 Å². The molecule has 2 fully saturated rings. The second kappa shape index (κ2) is 8.45. The van der Waals surface area contributed by atoms with Gasteiger partial charge in [-0.3, -0.25) is 0 Å². The lowest BCUT2D eigenvalue weighted by atomic mass is 9.90. The third kappa shape index (κ3) is 4.93. The summed E-state index contributed by atoms with van der Waals surface area (Å²) in [6.45, 7) is 1.75. The molecule has 0 spiro atoms. The van der Waals surface area contributed by atoms with Gasteiger partial charge in [0, 0.05) is 0 Å². The molecule has 2 saturated carbocycles. The van der Waals surface area contributed by atoms with Crippen molar-refractivity contribution in [2.75, 3.05) is 13.2 Å². The van der Waals surface area contributed by atoms with Gasteiger partial charge in [0.15, 0.2) is 0 Å². The molecule has 2 nitrogen and oxygen atoms in total. The third-order valence-electron chi connectivity index (χ3n) is 5.24. The molecule has 0 unspecified atom stereocenters. The van der Waals surface area contributed by atoms with Crippen LogP contribution in [0.1, 0.15) is 64.2 Å². The van der Waals surface area contributed by atoms with Crippen molar-refractivity contribution < 1.29 is 9.47 Å². The first-order chi connectivity index (χ1) is 10.9. The molecule has 0 aliphatic heterocycles. The smallest absolute Gasteiger partial charge is 0.119 e. The van der Waals surface area contributed by atoms with E-state index in [-0.39, 0.29) is 0 Å². The molecule has 0 atom stereocenters. The fraction of sp³-hybridized carbons (Fsp3) is 0.700. The predicted octanol–water partition coefficient (Wildman–Crippen LogP) is 5.60. The maximum atomic E-state index is 5.94. The molecule has 1 aromatic rings. The lowest BCUT2D eigenvalue weighted by Gasteiger charge is -2.22. The maximum absolute atomic E-state index is 5.94. The van der Waals surface area contributed by atoms with Gasteiger partial charge >= 0.3 is 0 Å². The van der Waals surface area contributed by atoms with Crippen LogP contribution in [0, 0.1) is 11.8 Å². The lowest BCUT2D eigenvalue weighted by Crippen LogP contribution is -2.15. The Bertz CT molecular complexity index is 373. The van der Waals surface area contributed by atoms with Crippen molar-refractivity contribution in [2.24, 2.45) is 11.8 Å². The topological polar surface area (TPSA) is 18.5 Å². The summed E-state index contributed by atoms with van der Waals surface area (Å²) < 4.78 is 11.9. The van der Waals surface area contributed by atoms with Crippen molar-refractivity contribution >= 4 is 0 Å². The summed E-state index contributed by atoms with van der Waals surface area (Å²) in [6.07, 6.45) is 13.7. The third-order valence-corrected chi connectivity index (χ3v) is 5.24. The van der Waals surface area contributed by atoms with Crippen molar-refractivity contribution in [2.45, 2.75) is 64.2 Å². The van der Waals surface area contributed by atoms with Gasteiger partial charge in [-0.15, -0.1) is 0 Å². The van der Waals surface area contributed by atoms with Crippen LogP contribution in [0.4, 0.5) is 0 Å². The summed E-state index contributed by atoms with van der Waals surface area (Å²) in [4.78, 5) is 0. The zero-order valence-electron chi connectivity index (χ0n) is 13.8. The first-order valence-electron chi connectivity index (χ1n) is 9.26. The molecule has 2 heteroatoms. The Balaban J connectivity index is 1.39. The van der Waals surface area contributed by atoms with E-state index in [1.165, 1.54) is 64.2 Å². The Labute approximate surface area is 135 Å². The Morgan fingerprint density at radius 2 is 0.955 bits per heavy atom. The Hall–Kier alpha value is -1.18. The summed E-state index contributed by atoms with van der Waals surface area (Å²) in [7, 11) is 0. The largest absolute Gasteiger partial charge is 0.493 e. The average molecular weight is 302 g/mol. The highest BCUT2D eigenvalue weighted by Gasteiger charge is 2.15. The highest BCUT2D eigenvalue weighted by atomic mass is 16.5. The molecule has 0 heterocycles. The molecule has 0 N–H and O–H groups in total. The van der Waals surface area contributed by atoms with Gasteiger partial charge in [0.1, 0.15) is 11.5 Å². The fourth-order valence-electron chi connectivity index (χ4n) is 3.77. The SMILES string of the molecule is c1cc(OCC2CCCCC2)ccc1OCC1CCCCC1. The summed E-state index contributed by atoms with van der Waals surface area (Å²) in [5.41, 5.74) is 0. The first kappa shape index (κ1) is 15.7. The van der Waals surface area contributed by atoms with Crippen molar-refractivity contribution in [3.05, 3.63) is 24.3 Å². The van der Waals surface area contributed by atoms with Crippen LogP contribution in [0.5, 0.6) is 11.5 Å². The maximum Gasteiger partial charge on any atom is 0.119 e. The van der Waals surface area contributed by atoms with Gasteiger partial charge in [-0.2, -0.15) is 0 Å². The van der Waals surface area contributed by atoms with E-state index >= 15 is 0 Å². The van der Waals surface area contributed by atoms with E-state index in [9.17, 15) is 0 Å². The van der Waals surface area contributed by atoms with Gasteiger partial charge in [-0.1, -0.05) is 38.5 Å². The summed E-state index contributed by atoms with van der Waals surface area (Å²) in [6, 6.07) is 8.22. The van der Waals surface area contributed by atoms with Crippen molar-refractivity contribution in [1.29, 1.82) is 0 Å². The minimum Gasteiger partial charge on any atom is -0.493 e. The first-order valence-corrected chi connectivity index (χ1v) is 9.26. The number of hydrogen-bond donors (Lipinski definition) is 0. The monoisotopic (exact) mass is 302 g/mol. The van der Waals surface area contributed by atoms with E-state index in [0.29, 0.717) is 0 Å². The van der Waals surface area contributed by atoms with Gasteiger partial charge in [0.25, 0.3) is 0 Å². The number of benzene rings is 1. The molecule has 0 aromatic heterocycles. The fourth-order valence-corrected chi connectivity index (χ4v) is 3.77. The molecular weight excluding hydrogens is 272 g/mol. The van der Waals surface area contributed by atoms with E-state index in [0.717, 1.165) is 36.5 Å². The van der Waals surface area contributed by atoms with Crippen LogP contribution in [-0.2, 0) is 0 Å². The van der Waals surface area contributed by atoms with Gasteiger partial charge in [0.05, 0.1) is 13.2 Å². The van der Waals surface area contributed by atoms with Gasteiger partial charge in [-0.05, 0) is 61.8 Å². The van der Waals surface area contributed by atoms with Crippen LogP contribution in [0.3, 0.4) is 0 Å². The molecule has 0 amide bonds. The zero-order chi connectivity index (χ0) is 15.0. The van der Waals surface area contributed by atoms with Gasteiger partial charge < -0.3 is 9.47 Å². The molecule has 3 rings (SSSR count). The summed E-state index contributed by atoms with van der Waals surface area (Å²) in [5.74, 6) is 3.48. The highest BCUT2D eigenvalue weighted by molar-refractivity contribution is 5.31. The molecule has 2 aliphatic carbocycles. The van der Waals surface area contributed by atoms with Crippen molar-refractivity contribution in [3.8, 4) is 11.5 Å². The minimum absolute atomic E-state index is 0.760. The Morgan fingerprint density at radius 1 is 0.591 bits per heavy atom. The molecule has 22 heavy (non-hydrogen) atoms. The average Bonchev–Trinajstić information content (AvgIpc) is 2.61. The highest BCUT2D eigenvalue weighted by Crippen LogP contribution is 2.27. The molecule has 0 radical (unpaired) electrons. The number of ether oxygens (including phenoxy) is 2. The van der Waals surface area contributed by atoms with Crippen molar-refractivity contribution in [1.82, 2.24) is 0 Å². The van der Waals surface area contributed by atoms with Crippen molar-refractivity contribution in [3.63, 3.8) is 0 Å². The van der Waals surface area contributed by atoms with E-state index in [4.69, 9.17) is 9.47 Å². The van der Waals surface area contributed by atoms with E-state index in [1.54, 1.807) is 0 Å². The quantitative estimate of drug-likeness (QED) is 0.680. The zero-order valence-corrected chi connectivity index (χ0v) is 13.8. The predicted molar refractivity (Wildman–Crippen MR) is 90.6 cm³/mol. The van der Waals surface area contributed by atoms with Crippen LogP contribution < -0.4 is 9.47 Å². The second-order valence-corrected chi connectivity index (χ2v) is 7.10. The summed E-state index contributed by atoms with van der Waals surface area (Å²) in [5, 5.41) is 0. The van der Waals surface area contributed by atoms with E-state index in [2.05, 4.69) is 24.3 Å². The standard InChI is InChI=1S/C20H30O2/c1-3-7-17(8-4-1)15-21-19-11-13-20(14-12-19)22-16-18-9-5-2-6-10-18/h11-14,17-18H,1-10,15-16H2. The summed E-state index contributed by atoms with van der Waals surface area (Å²) >= 11 is 0. The lowest BCUT2D eigenvalue weighted by molar-refractivity contribution is 0.204. The Kier molecular flexibility index (Phi) is 6.03. The van der Waals surface area contributed by atoms with Gasteiger partial charge in [0.2, 0.25) is 0 Å². The number of hydrogen-bond acceptors (Lipinski definition) is 2. The van der Waals surface area contributed by atoms with Crippen LogP contribution in [0.15, 0.2) is 24.3 Å². The van der Waals surface area contributed by atoms with Gasteiger partial charge in [-0.25, -0.2) is 0 Å². The molecule has 1 aromatic carbocycles. The molecular formula is C20H30O2. The van der Waals surface area contributed by atoms with E-state index < -0.39 is 0 Å². The van der Waals surface area contributed by atoms with Crippen LogP contribution in [0.2, 0.25) is 0 Å². The van der Waals surface area contributed by atoms with Crippen LogP contribution >= 0.6 is 0 Å².